The Labute approximate surface area is 136 Å². The molecule has 2 rings (SSSR count). The minimum Gasteiger partial charge on any atom is -0.378 e. The number of amides is 1. The zero-order valence-electron chi connectivity index (χ0n) is 11.2. The Hall–Kier alpha value is -1.61. The molecule has 0 aliphatic heterocycles. The first-order valence-electron chi connectivity index (χ1n) is 5.79. The van der Waals surface area contributed by atoms with Crippen molar-refractivity contribution in [3.05, 3.63) is 45.8 Å². The third-order valence-electron chi connectivity index (χ3n) is 2.58. The number of rotatable bonds is 5. The molecule has 1 N–H and O–H groups in total. The quantitative estimate of drug-likeness (QED) is 0.873. The maximum Gasteiger partial charge on any atom is 0.270 e. The van der Waals surface area contributed by atoms with E-state index < -0.39 is 15.9 Å². The maximum atomic E-state index is 12.2. The minimum absolute atomic E-state index is 0.000994. The number of nitrogens with zero attached hydrogens (tertiary/aromatic N) is 1. The summed E-state index contributed by atoms with van der Waals surface area (Å²) in [6.45, 7) is 0.000994. The molecule has 0 aliphatic rings. The molecule has 118 valence electrons. The molecule has 1 aromatic heterocycles. The molecule has 0 radical (unpaired) electrons. The van der Waals surface area contributed by atoms with Crippen LogP contribution in [-0.2, 0) is 21.4 Å². The zero-order chi connectivity index (χ0) is 16.3. The van der Waals surface area contributed by atoms with Gasteiger partial charge in [0.05, 0.1) is 11.6 Å². The van der Waals surface area contributed by atoms with Gasteiger partial charge in [-0.15, -0.1) is 0 Å². The Bertz CT molecular complexity index is 804. The van der Waals surface area contributed by atoms with E-state index in [9.17, 15) is 13.2 Å². The van der Waals surface area contributed by atoms with Crippen molar-refractivity contribution in [1.29, 1.82) is 0 Å². The normalized spacial score (nSPS) is 11.4. The second-order valence-electron chi connectivity index (χ2n) is 4.12. The molecular weight excluding hydrogens is 355 g/mol. The number of hydrogen-bond donors (Lipinski definition) is 1. The smallest absolute Gasteiger partial charge is 0.270 e. The molecule has 0 atom stereocenters. The Morgan fingerprint density at radius 3 is 2.77 bits per heavy atom. The van der Waals surface area contributed by atoms with Gasteiger partial charge in [0.15, 0.2) is 0 Å². The van der Waals surface area contributed by atoms with Gasteiger partial charge >= 0.3 is 0 Å². The fraction of sp³-hybridized carbons (Fsp3) is 0.167. The lowest BCUT2D eigenvalue weighted by Gasteiger charge is -2.08. The van der Waals surface area contributed by atoms with Crippen molar-refractivity contribution in [3.63, 3.8) is 0 Å². The van der Waals surface area contributed by atoms with Gasteiger partial charge in [0.25, 0.3) is 15.9 Å². The number of carbonyl (C=O) groups is 1. The number of hydrogen-bond acceptors (Lipinski definition) is 6. The zero-order valence-corrected chi connectivity index (χ0v) is 13.5. The van der Waals surface area contributed by atoms with E-state index in [4.69, 9.17) is 27.9 Å². The molecule has 0 bridgehead atoms. The van der Waals surface area contributed by atoms with Crippen LogP contribution in [0.5, 0.6) is 0 Å². The summed E-state index contributed by atoms with van der Waals surface area (Å²) in [6, 6.07) is 3.81. The predicted octanol–water partition coefficient (Wildman–Crippen LogP) is 2.25. The molecule has 22 heavy (non-hydrogen) atoms. The SMILES string of the molecule is COCc1nocc1C(=O)NS(=O)(=O)c1ccc(Cl)cc1Cl. The Balaban J connectivity index is 2.28. The summed E-state index contributed by atoms with van der Waals surface area (Å²) in [4.78, 5) is 11.8. The van der Waals surface area contributed by atoms with E-state index >= 15 is 0 Å². The van der Waals surface area contributed by atoms with Crippen LogP contribution in [0, 0.1) is 0 Å². The van der Waals surface area contributed by atoms with E-state index in [0.717, 1.165) is 6.26 Å². The predicted molar refractivity (Wildman–Crippen MR) is 78.3 cm³/mol. The summed E-state index contributed by atoms with van der Waals surface area (Å²) >= 11 is 11.5. The van der Waals surface area contributed by atoms with Gasteiger partial charge in [-0.2, -0.15) is 0 Å². The molecule has 7 nitrogen and oxygen atoms in total. The third-order valence-corrected chi connectivity index (χ3v) is 4.63. The summed E-state index contributed by atoms with van der Waals surface area (Å²) in [5.41, 5.74) is 0.132. The first-order valence-corrected chi connectivity index (χ1v) is 8.03. The summed E-state index contributed by atoms with van der Waals surface area (Å²) in [5, 5.41) is 3.73. The molecule has 1 amide bonds. The number of carbonyl (C=O) groups excluding carboxylic acids is 1. The highest BCUT2D eigenvalue weighted by Gasteiger charge is 2.24. The average Bonchev–Trinajstić information content (AvgIpc) is 2.86. The fourth-order valence-electron chi connectivity index (χ4n) is 1.61. The maximum absolute atomic E-state index is 12.2. The van der Waals surface area contributed by atoms with Gasteiger partial charge in [-0.3, -0.25) is 4.79 Å². The van der Waals surface area contributed by atoms with E-state index in [2.05, 4.69) is 9.68 Å². The minimum atomic E-state index is -4.17. The molecule has 2 aromatic rings. The van der Waals surface area contributed by atoms with Gasteiger partial charge in [-0.1, -0.05) is 28.4 Å². The van der Waals surface area contributed by atoms with Crippen LogP contribution in [-0.4, -0.2) is 26.6 Å². The molecule has 1 heterocycles. The third kappa shape index (κ3) is 3.58. The van der Waals surface area contributed by atoms with Crippen molar-refractivity contribution < 1.29 is 22.5 Å². The van der Waals surface area contributed by atoms with E-state index in [1.807, 2.05) is 4.72 Å². The van der Waals surface area contributed by atoms with E-state index in [-0.39, 0.29) is 32.8 Å². The van der Waals surface area contributed by atoms with Crippen molar-refractivity contribution in [2.24, 2.45) is 0 Å². The van der Waals surface area contributed by atoms with Gasteiger partial charge in [0.1, 0.15) is 22.4 Å². The molecule has 0 saturated heterocycles. The van der Waals surface area contributed by atoms with Crippen molar-refractivity contribution >= 4 is 39.1 Å². The van der Waals surface area contributed by atoms with Crippen LogP contribution < -0.4 is 4.72 Å². The monoisotopic (exact) mass is 364 g/mol. The van der Waals surface area contributed by atoms with Gasteiger partial charge in [-0.25, -0.2) is 13.1 Å². The molecule has 0 saturated carbocycles. The lowest BCUT2D eigenvalue weighted by molar-refractivity contribution is 0.0976. The largest absolute Gasteiger partial charge is 0.378 e. The summed E-state index contributed by atoms with van der Waals surface area (Å²) in [7, 11) is -2.76. The lowest BCUT2D eigenvalue weighted by atomic mass is 10.2. The van der Waals surface area contributed by atoms with Crippen LogP contribution in [0.1, 0.15) is 16.1 Å². The van der Waals surface area contributed by atoms with E-state index in [1.165, 1.54) is 25.3 Å². The van der Waals surface area contributed by atoms with Crippen molar-refractivity contribution in [1.82, 2.24) is 9.88 Å². The number of halogens is 2. The number of aromatic nitrogens is 1. The van der Waals surface area contributed by atoms with Crippen molar-refractivity contribution in [3.8, 4) is 0 Å². The molecular formula is C12H10Cl2N2O5S. The number of nitrogens with one attached hydrogen (secondary N) is 1. The molecule has 0 unspecified atom stereocenters. The standard InChI is InChI=1S/C12H10Cl2N2O5S/c1-20-6-10-8(5-21-15-10)12(17)16-22(18,19)11-3-2-7(13)4-9(11)14/h2-5H,6H2,1H3,(H,16,17). The first kappa shape index (κ1) is 16.8. The summed E-state index contributed by atoms with van der Waals surface area (Å²) < 4.78 is 35.8. The average molecular weight is 365 g/mol. The molecule has 0 spiro atoms. The highest BCUT2D eigenvalue weighted by molar-refractivity contribution is 7.90. The number of methoxy groups -OCH3 is 1. The highest BCUT2D eigenvalue weighted by Crippen LogP contribution is 2.25. The van der Waals surface area contributed by atoms with Crippen molar-refractivity contribution in [2.75, 3.05) is 7.11 Å². The van der Waals surface area contributed by atoms with Crippen LogP contribution in [0.3, 0.4) is 0 Å². The Kier molecular flexibility index (Phi) is 5.07. The Morgan fingerprint density at radius 2 is 2.14 bits per heavy atom. The van der Waals surface area contributed by atoms with Crippen molar-refractivity contribution in [2.45, 2.75) is 11.5 Å². The van der Waals surface area contributed by atoms with Crippen LogP contribution in [0.4, 0.5) is 0 Å². The number of sulfonamides is 1. The van der Waals surface area contributed by atoms with E-state index in [1.54, 1.807) is 0 Å². The van der Waals surface area contributed by atoms with Crippen LogP contribution >= 0.6 is 23.2 Å². The van der Waals surface area contributed by atoms with Crippen LogP contribution in [0.2, 0.25) is 10.0 Å². The van der Waals surface area contributed by atoms with Gasteiger partial charge in [0, 0.05) is 12.1 Å². The van der Waals surface area contributed by atoms with Gasteiger partial charge in [0.2, 0.25) is 0 Å². The molecule has 10 heteroatoms. The van der Waals surface area contributed by atoms with Gasteiger partial charge in [-0.05, 0) is 18.2 Å². The fourth-order valence-corrected chi connectivity index (χ4v) is 3.35. The van der Waals surface area contributed by atoms with E-state index in [0.29, 0.717) is 0 Å². The lowest BCUT2D eigenvalue weighted by Crippen LogP contribution is -2.31. The summed E-state index contributed by atoms with van der Waals surface area (Å²) in [5.74, 6) is -0.903. The Morgan fingerprint density at radius 1 is 1.41 bits per heavy atom. The second kappa shape index (κ2) is 6.66. The van der Waals surface area contributed by atoms with Crippen LogP contribution in [0.15, 0.2) is 33.9 Å². The number of ether oxygens (including phenoxy) is 1. The second-order valence-corrected chi connectivity index (χ2v) is 6.61. The molecule has 0 fully saturated rings. The first-order chi connectivity index (χ1) is 10.3. The topological polar surface area (TPSA) is 98.5 Å². The molecule has 1 aromatic carbocycles. The highest BCUT2D eigenvalue weighted by atomic mass is 35.5. The van der Waals surface area contributed by atoms with Crippen LogP contribution in [0.25, 0.3) is 0 Å². The summed E-state index contributed by atoms with van der Waals surface area (Å²) in [6.07, 6.45) is 1.03. The molecule has 0 aliphatic carbocycles. The number of benzene rings is 1. The van der Waals surface area contributed by atoms with Gasteiger partial charge < -0.3 is 9.26 Å².